The Morgan fingerprint density at radius 3 is 0.900 bits per heavy atom. The van der Waals surface area contributed by atoms with Crippen LogP contribution in [0.1, 0.15) is 33.4 Å². The Balaban J connectivity index is 0.908. The van der Waals surface area contributed by atoms with Gasteiger partial charge in [0.2, 0.25) is 0 Å². The van der Waals surface area contributed by atoms with Crippen molar-refractivity contribution in [1.29, 1.82) is 0 Å². The minimum Gasteiger partial charge on any atom is -0.454 e. The number of hydrogen-bond acceptors (Lipinski definition) is 4. The predicted octanol–water partition coefficient (Wildman–Crippen LogP) is 29.0. The zero-order valence-electron chi connectivity index (χ0n) is 59.7. The van der Waals surface area contributed by atoms with E-state index in [0.717, 1.165) is 111 Å². The molecular formula is C106H64N2O2. The number of nitrogens with zero attached hydrogens (tertiary/aromatic N) is 2. The highest BCUT2D eigenvalue weighted by atomic mass is 16.3. The molecule has 0 spiro atoms. The summed E-state index contributed by atoms with van der Waals surface area (Å²) >= 11 is 0. The van der Waals surface area contributed by atoms with Gasteiger partial charge in [0.1, 0.15) is 11.2 Å². The van der Waals surface area contributed by atoms with Crippen LogP contribution >= 0.6 is 0 Å². The SMILES string of the molecule is c1ccc(C2(C3(c4ccccc4)c4ccc5ccccc5c4-c4c3cc(N(c3ccc5ccc6ccccc6c5c3)c3cccc5c3oc3ccccc35)c3ccccc43)c3ccc4ccccc4c3-c3c2cc(N(c2ccc4ccc5ccccc5c4c2)c2cccc4c2oc2ccccc24)c2ccccc32)cc1. The smallest absolute Gasteiger partial charge is 0.159 e. The van der Waals surface area contributed by atoms with Crippen molar-refractivity contribution in [2.75, 3.05) is 9.80 Å². The van der Waals surface area contributed by atoms with E-state index in [0.29, 0.717) is 0 Å². The number of furan rings is 2. The number of anilines is 6. The van der Waals surface area contributed by atoms with Gasteiger partial charge in [-0.25, -0.2) is 0 Å². The van der Waals surface area contributed by atoms with Crippen molar-refractivity contribution >= 4 is 164 Å². The van der Waals surface area contributed by atoms with E-state index in [4.69, 9.17) is 8.83 Å². The quantitative estimate of drug-likeness (QED) is 0.135. The fraction of sp³-hybridized carbons (Fsp3) is 0.0189. The molecule has 0 N–H and O–H groups in total. The Bertz CT molecular complexity index is 7240. The van der Waals surface area contributed by atoms with Crippen LogP contribution in [0.15, 0.2) is 397 Å². The summed E-state index contributed by atoms with van der Waals surface area (Å²) in [7, 11) is 0. The monoisotopic (exact) mass is 1400 g/mol. The van der Waals surface area contributed by atoms with E-state index in [9.17, 15) is 0 Å². The number of benzene rings is 20. The van der Waals surface area contributed by atoms with Gasteiger partial charge in [0.15, 0.2) is 11.2 Å². The normalized spacial score (nSPS) is 15.2. The Kier molecular flexibility index (Phi) is 12.8. The number of para-hydroxylation sites is 4. The molecule has 2 aliphatic rings. The van der Waals surface area contributed by atoms with Crippen molar-refractivity contribution < 1.29 is 8.83 Å². The maximum absolute atomic E-state index is 7.30. The molecule has 0 radical (unpaired) electrons. The fourth-order valence-corrected chi connectivity index (χ4v) is 20.3. The summed E-state index contributed by atoms with van der Waals surface area (Å²) in [6.07, 6.45) is 0. The number of hydrogen-bond donors (Lipinski definition) is 0. The van der Waals surface area contributed by atoms with E-state index in [2.05, 4.69) is 398 Å². The van der Waals surface area contributed by atoms with Gasteiger partial charge in [0.25, 0.3) is 0 Å². The highest BCUT2D eigenvalue weighted by Crippen LogP contribution is 2.73. The minimum atomic E-state index is -1.13. The van der Waals surface area contributed by atoms with E-state index in [-0.39, 0.29) is 0 Å². The Hall–Kier alpha value is -14.3. The molecule has 510 valence electrons. The molecule has 20 aromatic carbocycles. The van der Waals surface area contributed by atoms with Crippen LogP contribution in [0, 0.1) is 0 Å². The second-order valence-electron chi connectivity index (χ2n) is 29.9. The van der Waals surface area contributed by atoms with Crippen LogP contribution in [0.4, 0.5) is 34.1 Å². The van der Waals surface area contributed by atoms with Gasteiger partial charge in [-0.15, -0.1) is 0 Å². The summed E-state index contributed by atoms with van der Waals surface area (Å²) in [5.41, 5.74) is 19.0. The lowest BCUT2D eigenvalue weighted by Crippen LogP contribution is -2.50. The van der Waals surface area contributed by atoms with E-state index in [1.54, 1.807) is 0 Å². The lowest BCUT2D eigenvalue weighted by atomic mass is 9.49. The van der Waals surface area contributed by atoms with Gasteiger partial charge in [-0.05, 0) is 192 Å². The van der Waals surface area contributed by atoms with Crippen molar-refractivity contribution in [3.8, 4) is 22.3 Å². The van der Waals surface area contributed by atoms with Gasteiger partial charge in [-0.3, -0.25) is 0 Å². The molecule has 2 aliphatic carbocycles. The molecule has 0 bridgehead atoms. The van der Waals surface area contributed by atoms with Crippen LogP contribution in [0.25, 0.3) is 152 Å². The molecule has 24 rings (SSSR count). The molecule has 2 aromatic heterocycles. The first-order chi connectivity index (χ1) is 54.6. The van der Waals surface area contributed by atoms with E-state index in [1.807, 2.05) is 0 Å². The topological polar surface area (TPSA) is 32.8 Å². The molecule has 0 saturated heterocycles. The van der Waals surface area contributed by atoms with Crippen molar-refractivity contribution in [1.82, 2.24) is 0 Å². The average Bonchev–Trinajstić information content (AvgIpc) is 1.47. The highest BCUT2D eigenvalue weighted by Gasteiger charge is 2.65. The first kappa shape index (κ1) is 60.9. The van der Waals surface area contributed by atoms with Gasteiger partial charge in [0, 0.05) is 43.7 Å². The fourth-order valence-electron chi connectivity index (χ4n) is 20.3. The first-order valence-electron chi connectivity index (χ1n) is 38.1. The van der Waals surface area contributed by atoms with Crippen LogP contribution < -0.4 is 9.80 Å². The highest BCUT2D eigenvalue weighted by molar-refractivity contribution is 6.23. The molecule has 22 aromatic rings. The summed E-state index contributed by atoms with van der Waals surface area (Å²) in [5.74, 6) is 0. The van der Waals surface area contributed by atoms with Crippen LogP contribution in [0.2, 0.25) is 0 Å². The third-order valence-corrected chi connectivity index (χ3v) is 24.7. The van der Waals surface area contributed by atoms with E-state index >= 15 is 0 Å². The summed E-state index contributed by atoms with van der Waals surface area (Å²) < 4.78 is 14.6. The molecule has 0 fully saturated rings. The average molecular weight is 1400 g/mol. The predicted molar refractivity (Wildman–Crippen MR) is 460 cm³/mol. The summed E-state index contributed by atoms with van der Waals surface area (Å²) in [6.45, 7) is 0. The number of rotatable bonds is 9. The van der Waals surface area contributed by atoms with Gasteiger partial charge < -0.3 is 18.6 Å². The van der Waals surface area contributed by atoms with Gasteiger partial charge >= 0.3 is 0 Å². The van der Waals surface area contributed by atoms with E-state index < -0.39 is 10.8 Å². The second-order valence-corrected chi connectivity index (χ2v) is 29.9. The van der Waals surface area contributed by atoms with Crippen molar-refractivity contribution in [2.45, 2.75) is 10.8 Å². The van der Waals surface area contributed by atoms with Crippen LogP contribution in [0.3, 0.4) is 0 Å². The molecule has 2 unspecified atom stereocenters. The molecule has 0 aliphatic heterocycles. The standard InChI is InChI=1S/C106H64N2O2/c1-3-29-71(30-4-1)105(89-59-55-67-27-9-13-35-77(67)99(89)101-83-41-17-15-37-79(83)95(63-91(101)105)107(93-45-23-43-85-81-39-19-21-47-97(81)109-103(85)93)73-57-53-69-51-49-65-25-7-11-33-75(65)87(69)61-73)106(72-31-5-2-6-32-72)90-60-56-68-28-10-14-36-78(68)100(90)102-84-42-18-16-38-80(84)96(64-92(102)106)108(94-46-24-44-86-82-40-20-22-48-98(82)110-104(86)94)74-58-54-70-52-50-66-26-8-12-34-76(66)88(70)62-74/h1-64H. The largest absolute Gasteiger partial charge is 0.454 e. The van der Waals surface area contributed by atoms with Crippen LogP contribution in [0.5, 0.6) is 0 Å². The second kappa shape index (κ2) is 23.1. The Morgan fingerprint density at radius 2 is 0.482 bits per heavy atom. The van der Waals surface area contributed by atoms with Gasteiger partial charge in [0.05, 0.1) is 33.6 Å². The van der Waals surface area contributed by atoms with Crippen LogP contribution in [-0.2, 0) is 10.8 Å². The van der Waals surface area contributed by atoms with E-state index in [1.165, 1.54) is 109 Å². The third-order valence-electron chi connectivity index (χ3n) is 24.7. The lowest BCUT2D eigenvalue weighted by Gasteiger charge is -2.51. The summed E-state index contributed by atoms with van der Waals surface area (Å²) in [5, 5.41) is 23.0. The zero-order chi connectivity index (χ0) is 71.9. The number of fused-ring (bicyclic) bond motifs is 26. The zero-order valence-corrected chi connectivity index (χ0v) is 59.7. The summed E-state index contributed by atoms with van der Waals surface area (Å²) in [6, 6.07) is 147. The first-order valence-corrected chi connectivity index (χ1v) is 38.1. The Morgan fingerprint density at radius 1 is 0.182 bits per heavy atom. The minimum absolute atomic E-state index is 0.813. The maximum atomic E-state index is 7.30. The Labute approximate surface area is 633 Å². The molecular weight excluding hydrogens is 1330 g/mol. The van der Waals surface area contributed by atoms with Crippen molar-refractivity contribution in [2.24, 2.45) is 0 Å². The summed E-state index contributed by atoms with van der Waals surface area (Å²) in [4.78, 5) is 5.08. The van der Waals surface area contributed by atoms with Crippen molar-refractivity contribution in [3.05, 3.63) is 422 Å². The van der Waals surface area contributed by atoms with Gasteiger partial charge in [-0.1, -0.05) is 328 Å². The van der Waals surface area contributed by atoms with Crippen LogP contribution in [-0.4, -0.2) is 0 Å². The third kappa shape index (κ3) is 8.23. The molecule has 0 amide bonds. The maximum Gasteiger partial charge on any atom is 0.159 e. The van der Waals surface area contributed by atoms with Gasteiger partial charge in [-0.2, -0.15) is 0 Å². The lowest BCUT2D eigenvalue weighted by molar-refractivity contribution is 0.438. The molecule has 2 atom stereocenters. The molecule has 4 heteroatoms. The van der Waals surface area contributed by atoms with Crippen molar-refractivity contribution in [3.63, 3.8) is 0 Å². The molecule has 0 saturated carbocycles. The molecule has 110 heavy (non-hydrogen) atoms. The molecule has 2 heterocycles. The molecule has 4 nitrogen and oxygen atoms in total.